The van der Waals surface area contributed by atoms with Crippen LogP contribution < -0.4 is 0 Å². The lowest BCUT2D eigenvalue weighted by molar-refractivity contribution is 0.0993. The summed E-state index contributed by atoms with van der Waals surface area (Å²) in [5.74, 6) is 0.541. The third-order valence-corrected chi connectivity index (χ3v) is 4.91. The molecule has 0 aliphatic rings. The molecule has 0 aliphatic heterocycles. The lowest BCUT2D eigenvalue weighted by Crippen LogP contribution is -2.15. The van der Waals surface area contributed by atoms with Crippen molar-refractivity contribution >= 4 is 17.5 Å². The summed E-state index contributed by atoms with van der Waals surface area (Å²) >= 11 is 1.29. The second kappa shape index (κ2) is 7.23. The SMILES string of the molecule is Cc1cccc(-c2nnc(S[C@@H](C)C(=O)c3cc(C)ccc3C)o2)c1. The van der Waals surface area contributed by atoms with Gasteiger partial charge in [0.15, 0.2) is 5.78 Å². The predicted octanol–water partition coefficient (Wildman–Crippen LogP) is 5.03. The summed E-state index contributed by atoms with van der Waals surface area (Å²) in [5, 5.41) is 8.27. The van der Waals surface area contributed by atoms with Crippen LogP contribution in [0.4, 0.5) is 0 Å². The molecule has 0 aliphatic carbocycles. The molecule has 0 radical (unpaired) electrons. The van der Waals surface area contributed by atoms with E-state index in [2.05, 4.69) is 10.2 Å². The fraction of sp³-hybridized carbons (Fsp3) is 0.250. The van der Waals surface area contributed by atoms with Gasteiger partial charge in [-0.1, -0.05) is 47.2 Å². The Balaban J connectivity index is 1.76. The number of rotatable bonds is 5. The van der Waals surface area contributed by atoms with E-state index in [-0.39, 0.29) is 11.0 Å². The number of carbonyl (C=O) groups excluding carboxylic acids is 1. The molecule has 25 heavy (non-hydrogen) atoms. The van der Waals surface area contributed by atoms with Gasteiger partial charge in [0, 0.05) is 11.1 Å². The Morgan fingerprint density at radius 2 is 1.80 bits per heavy atom. The lowest BCUT2D eigenvalue weighted by Gasteiger charge is -2.10. The van der Waals surface area contributed by atoms with Gasteiger partial charge in [-0.05, 0) is 51.5 Å². The van der Waals surface area contributed by atoms with Crippen LogP contribution >= 0.6 is 11.8 Å². The molecule has 0 unspecified atom stereocenters. The van der Waals surface area contributed by atoms with E-state index in [0.717, 1.165) is 27.8 Å². The first-order valence-electron chi connectivity index (χ1n) is 8.12. The Kier molecular flexibility index (Phi) is 5.04. The van der Waals surface area contributed by atoms with Crippen LogP contribution in [0.25, 0.3) is 11.5 Å². The summed E-state index contributed by atoms with van der Waals surface area (Å²) in [4.78, 5) is 12.7. The van der Waals surface area contributed by atoms with E-state index in [4.69, 9.17) is 4.42 Å². The van der Waals surface area contributed by atoms with Gasteiger partial charge in [-0.3, -0.25) is 4.79 Å². The van der Waals surface area contributed by atoms with Crippen LogP contribution in [0.2, 0.25) is 0 Å². The largest absolute Gasteiger partial charge is 0.411 e. The standard InChI is InChI=1S/C20H20N2O2S/c1-12-6-5-7-16(10-12)19-21-22-20(24-19)25-15(4)18(23)17-11-13(2)8-9-14(17)3/h5-11,15H,1-4H3/t15-/m0/s1. The maximum absolute atomic E-state index is 12.7. The van der Waals surface area contributed by atoms with Gasteiger partial charge in [-0.2, -0.15) is 0 Å². The monoisotopic (exact) mass is 352 g/mol. The van der Waals surface area contributed by atoms with Gasteiger partial charge in [0.05, 0.1) is 5.25 Å². The van der Waals surface area contributed by atoms with Gasteiger partial charge in [0.2, 0.25) is 5.89 Å². The van der Waals surface area contributed by atoms with Crippen LogP contribution in [-0.4, -0.2) is 21.2 Å². The van der Waals surface area contributed by atoms with Crippen LogP contribution in [0.3, 0.4) is 0 Å². The predicted molar refractivity (Wildman–Crippen MR) is 100 cm³/mol. The summed E-state index contributed by atoms with van der Waals surface area (Å²) in [5.41, 5.74) is 4.81. The lowest BCUT2D eigenvalue weighted by atomic mass is 10.0. The van der Waals surface area contributed by atoms with E-state index in [9.17, 15) is 4.79 Å². The number of carbonyl (C=O) groups is 1. The molecule has 128 valence electrons. The minimum absolute atomic E-state index is 0.0708. The van der Waals surface area contributed by atoms with Gasteiger partial charge in [-0.25, -0.2) is 0 Å². The maximum Gasteiger partial charge on any atom is 0.277 e. The van der Waals surface area contributed by atoms with E-state index < -0.39 is 0 Å². The molecule has 1 aromatic heterocycles. The van der Waals surface area contributed by atoms with E-state index in [1.807, 2.05) is 70.2 Å². The average molecular weight is 352 g/mol. The van der Waals surface area contributed by atoms with Crippen LogP contribution in [-0.2, 0) is 0 Å². The minimum Gasteiger partial charge on any atom is -0.411 e. The van der Waals surface area contributed by atoms with E-state index in [1.165, 1.54) is 11.8 Å². The average Bonchev–Trinajstić information content (AvgIpc) is 3.05. The molecule has 0 N–H and O–H groups in total. The van der Waals surface area contributed by atoms with Crippen molar-refractivity contribution in [3.63, 3.8) is 0 Å². The summed E-state index contributed by atoms with van der Waals surface area (Å²) in [6.45, 7) is 7.82. The fourth-order valence-electron chi connectivity index (χ4n) is 2.58. The zero-order chi connectivity index (χ0) is 18.0. The van der Waals surface area contributed by atoms with Crippen LogP contribution in [0, 0.1) is 20.8 Å². The molecule has 0 saturated carbocycles. The number of aromatic nitrogens is 2. The highest BCUT2D eigenvalue weighted by Gasteiger charge is 2.21. The van der Waals surface area contributed by atoms with Gasteiger partial charge < -0.3 is 4.42 Å². The zero-order valence-electron chi connectivity index (χ0n) is 14.7. The molecular weight excluding hydrogens is 332 g/mol. The Labute approximate surface area is 151 Å². The molecule has 5 heteroatoms. The van der Waals surface area contributed by atoms with Crippen LogP contribution in [0.5, 0.6) is 0 Å². The quantitative estimate of drug-likeness (QED) is 0.476. The number of nitrogens with zero attached hydrogens (tertiary/aromatic N) is 2. The summed E-state index contributed by atoms with van der Waals surface area (Å²) in [7, 11) is 0. The molecule has 4 nitrogen and oxygen atoms in total. The third kappa shape index (κ3) is 3.99. The molecule has 1 heterocycles. The number of ketones is 1. The highest BCUT2D eigenvalue weighted by atomic mass is 32.2. The van der Waals surface area contributed by atoms with E-state index >= 15 is 0 Å². The summed E-state index contributed by atoms with van der Waals surface area (Å²) < 4.78 is 5.72. The number of thioether (sulfide) groups is 1. The van der Waals surface area contributed by atoms with E-state index in [0.29, 0.717) is 11.1 Å². The first kappa shape index (κ1) is 17.4. The highest BCUT2D eigenvalue weighted by Crippen LogP contribution is 2.28. The number of Topliss-reactive ketones (excluding diaryl/α,β-unsaturated/α-hetero) is 1. The first-order chi connectivity index (χ1) is 11.9. The van der Waals surface area contributed by atoms with Crippen molar-refractivity contribution < 1.29 is 9.21 Å². The number of aryl methyl sites for hydroxylation is 3. The molecule has 0 spiro atoms. The molecule has 0 fully saturated rings. The number of benzene rings is 2. The van der Waals surface area contributed by atoms with Crippen LogP contribution in [0.15, 0.2) is 52.1 Å². The van der Waals surface area contributed by atoms with Crippen LogP contribution in [0.1, 0.15) is 34.0 Å². The van der Waals surface area contributed by atoms with Crippen molar-refractivity contribution in [1.29, 1.82) is 0 Å². The van der Waals surface area contributed by atoms with Crippen molar-refractivity contribution in [3.05, 3.63) is 64.7 Å². The molecule has 3 aromatic rings. The number of hydrogen-bond acceptors (Lipinski definition) is 5. The third-order valence-electron chi connectivity index (χ3n) is 3.98. The Morgan fingerprint density at radius 1 is 1.04 bits per heavy atom. The normalized spacial score (nSPS) is 12.2. The van der Waals surface area contributed by atoms with Crippen molar-refractivity contribution in [1.82, 2.24) is 10.2 Å². The summed E-state index contributed by atoms with van der Waals surface area (Å²) in [6, 6.07) is 13.8. The van der Waals surface area contributed by atoms with Gasteiger partial charge in [0.25, 0.3) is 5.22 Å². The smallest absolute Gasteiger partial charge is 0.277 e. The highest BCUT2D eigenvalue weighted by molar-refractivity contribution is 8.00. The minimum atomic E-state index is -0.300. The number of hydrogen-bond donors (Lipinski definition) is 0. The van der Waals surface area contributed by atoms with Crippen molar-refractivity contribution in [2.24, 2.45) is 0 Å². The zero-order valence-corrected chi connectivity index (χ0v) is 15.6. The molecule has 1 atom stereocenters. The van der Waals surface area contributed by atoms with Gasteiger partial charge in [-0.15, -0.1) is 10.2 Å². The Morgan fingerprint density at radius 3 is 2.56 bits per heavy atom. The molecule has 0 bridgehead atoms. The second-order valence-corrected chi connectivity index (χ2v) is 7.48. The van der Waals surface area contributed by atoms with E-state index in [1.54, 1.807) is 0 Å². The topological polar surface area (TPSA) is 56.0 Å². The van der Waals surface area contributed by atoms with Crippen molar-refractivity contribution in [3.8, 4) is 11.5 Å². The molecule has 0 amide bonds. The first-order valence-corrected chi connectivity index (χ1v) is 9.00. The summed E-state index contributed by atoms with van der Waals surface area (Å²) in [6.07, 6.45) is 0. The second-order valence-electron chi connectivity index (χ2n) is 6.19. The van der Waals surface area contributed by atoms with Gasteiger partial charge >= 0.3 is 0 Å². The van der Waals surface area contributed by atoms with Crippen molar-refractivity contribution in [2.45, 2.75) is 38.2 Å². The van der Waals surface area contributed by atoms with Gasteiger partial charge in [0.1, 0.15) is 0 Å². The molecule has 3 rings (SSSR count). The maximum atomic E-state index is 12.7. The molecule has 0 saturated heterocycles. The fourth-order valence-corrected chi connectivity index (χ4v) is 3.33. The Hall–Kier alpha value is -2.40. The Bertz CT molecular complexity index is 918. The van der Waals surface area contributed by atoms with Crippen molar-refractivity contribution in [2.75, 3.05) is 0 Å². The molecule has 2 aromatic carbocycles. The molecular formula is C20H20N2O2S.